The average molecular weight is 665 g/mol. The molecule has 0 aromatic carbocycles. The van der Waals surface area contributed by atoms with Crippen LogP contribution < -0.4 is 0 Å². The first-order chi connectivity index (χ1) is 21.7. The minimum Gasteiger partial charge on any atom is -0.462 e. The quantitative estimate of drug-likeness (QED) is 0.0272. The fourth-order valence-electron chi connectivity index (χ4n) is 4.63. The lowest BCUT2D eigenvalue weighted by Crippen LogP contribution is -2.29. The second-order valence-electron chi connectivity index (χ2n) is 11.9. The highest BCUT2D eigenvalue weighted by atomic mass is 31.2. The fourth-order valence-corrected chi connectivity index (χ4v) is 5.42. The number of hydrogen-bond donors (Lipinski definition) is 3. The zero-order chi connectivity index (χ0) is 33.4. The summed E-state index contributed by atoms with van der Waals surface area (Å²) in [6.07, 6.45) is 24.8. The standard InChI is InChI=1S/C34H65O10P/c1-3-5-7-9-11-13-15-16-18-19-21-23-25-33(37)41-29-32(30-43-45(39,40)42-28-31(36)27-35)44-34(38)26-24-22-20-17-14-12-10-8-6-4-2/h11,13,31-32,35-36H,3-10,12,14-30H2,1-2H3,(H,39,40)/b13-11+/t31-,32+/m0/s1. The summed E-state index contributed by atoms with van der Waals surface area (Å²) in [6, 6.07) is 0. The predicted molar refractivity (Wildman–Crippen MR) is 178 cm³/mol. The first-order valence-electron chi connectivity index (χ1n) is 17.6. The molecule has 0 saturated heterocycles. The maximum atomic E-state index is 12.5. The Morgan fingerprint density at radius 3 is 1.64 bits per heavy atom. The number of rotatable bonds is 33. The van der Waals surface area contributed by atoms with E-state index >= 15 is 0 Å². The largest absolute Gasteiger partial charge is 0.472 e. The third-order valence-electron chi connectivity index (χ3n) is 7.42. The molecule has 10 nitrogen and oxygen atoms in total. The van der Waals surface area contributed by atoms with Crippen LogP contribution in [0, 0.1) is 0 Å². The molecular formula is C34H65O10P. The SMILES string of the molecule is CCCCC/C=C/CCCCCCCC(=O)OC[C@H](COP(=O)(O)OC[C@@H](O)CO)OC(=O)CCCCCCCCCCCC. The number of ether oxygens (including phenoxy) is 2. The molecule has 0 aliphatic heterocycles. The highest BCUT2D eigenvalue weighted by Gasteiger charge is 2.27. The van der Waals surface area contributed by atoms with Crippen LogP contribution in [0.25, 0.3) is 0 Å². The van der Waals surface area contributed by atoms with Crippen LogP contribution in [0.5, 0.6) is 0 Å². The third-order valence-corrected chi connectivity index (χ3v) is 8.37. The zero-order valence-electron chi connectivity index (χ0n) is 28.3. The summed E-state index contributed by atoms with van der Waals surface area (Å²) in [6.45, 7) is 2.31. The van der Waals surface area contributed by atoms with Crippen LogP contribution in [0.2, 0.25) is 0 Å². The van der Waals surface area contributed by atoms with Crippen molar-refractivity contribution in [3.05, 3.63) is 12.2 Å². The van der Waals surface area contributed by atoms with Crippen molar-refractivity contribution in [1.82, 2.24) is 0 Å². The molecule has 1 unspecified atom stereocenters. The van der Waals surface area contributed by atoms with Crippen molar-refractivity contribution in [2.24, 2.45) is 0 Å². The molecule has 0 fully saturated rings. The Balaban J connectivity index is 4.42. The highest BCUT2D eigenvalue weighted by molar-refractivity contribution is 7.47. The van der Waals surface area contributed by atoms with Gasteiger partial charge in [0, 0.05) is 12.8 Å². The van der Waals surface area contributed by atoms with E-state index in [9.17, 15) is 24.2 Å². The Bertz CT molecular complexity index is 776. The van der Waals surface area contributed by atoms with Crippen molar-refractivity contribution < 1.29 is 47.8 Å². The fraction of sp³-hybridized carbons (Fsp3) is 0.882. The summed E-state index contributed by atoms with van der Waals surface area (Å²) < 4.78 is 32.4. The Morgan fingerprint density at radius 1 is 0.644 bits per heavy atom. The van der Waals surface area contributed by atoms with E-state index in [-0.39, 0.29) is 19.4 Å². The van der Waals surface area contributed by atoms with Gasteiger partial charge < -0.3 is 24.6 Å². The lowest BCUT2D eigenvalue weighted by Gasteiger charge is -2.20. The molecule has 0 aliphatic rings. The van der Waals surface area contributed by atoms with Crippen molar-refractivity contribution in [2.45, 2.75) is 167 Å². The zero-order valence-corrected chi connectivity index (χ0v) is 29.2. The van der Waals surface area contributed by atoms with Crippen molar-refractivity contribution in [3.63, 3.8) is 0 Å². The Morgan fingerprint density at radius 2 is 1.09 bits per heavy atom. The highest BCUT2D eigenvalue weighted by Crippen LogP contribution is 2.43. The number of esters is 2. The number of phosphoric ester groups is 1. The molecule has 0 radical (unpaired) electrons. The van der Waals surface area contributed by atoms with Crippen molar-refractivity contribution >= 4 is 19.8 Å². The van der Waals surface area contributed by atoms with E-state index in [2.05, 4.69) is 30.5 Å². The predicted octanol–water partition coefficient (Wildman–Crippen LogP) is 8.11. The summed E-state index contributed by atoms with van der Waals surface area (Å²) in [7, 11) is -4.60. The second kappa shape index (κ2) is 31.3. The number of hydrogen-bond acceptors (Lipinski definition) is 9. The van der Waals surface area contributed by atoms with Gasteiger partial charge in [0.1, 0.15) is 12.7 Å². The lowest BCUT2D eigenvalue weighted by molar-refractivity contribution is -0.161. The Hall–Kier alpha value is -1.29. The molecule has 45 heavy (non-hydrogen) atoms. The molecular weight excluding hydrogens is 599 g/mol. The molecule has 0 amide bonds. The minimum atomic E-state index is -4.60. The van der Waals surface area contributed by atoms with E-state index in [4.69, 9.17) is 19.1 Å². The van der Waals surface area contributed by atoms with Crippen LogP contribution in [0.15, 0.2) is 12.2 Å². The molecule has 0 aliphatic carbocycles. The lowest BCUT2D eigenvalue weighted by atomic mass is 10.1. The van der Waals surface area contributed by atoms with E-state index in [1.54, 1.807) is 0 Å². The van der Waals surface area contributed by atoms with Gasteiger partial charge in [-0.3, -0.25) is 18.6 Å². The van der Waals surface area contributed by atoms with Crippen molar-refractivity contribution in [3.8, 4) is 0 Å². The van der Waals surface area contributed by atoms with Gasteiger partial charge in [-0.05, 0) is 38.5 Å². The summed E-state index contributed by atoms with van der Waals surface area (Å²) in [5.41, 5.74) is 0. The maximum Gasteiger partial charge on any atom is 0.472 e. The van der Waals surface area contributed by atoms with E-state index < -0.39 is 51.8 Å². The first-order valence-corrected chi connectivity index (χ1v) is 19.1. The third kappa shape index (κ3) is 31.1. The van der Waals surface area contributed by atoms with Gasteiger partial charge in [-0.1, -0.05) is 116 Å². The molecule has 0 saturated carbocycles. The summed E-state index contributed by atoms with van der Waals surface area (Å²) >= 11 is 0. The van der Waals surface area contributed by atoms with Crippen LogP contribution in [0.4, 0.5) is 0 Å². The van der Waals surface area contributed by atoms with Crippen molar-refractivity contribution in [1.29, 1.82) is 0 Å². The molecule has 11 heteroatoms. The molecule has 0 aromatic rings. The van der Waals surface area contributed by atoms with E-state index in [0.717, 1.165) is 57.8 Å². The molecule has 3 atom stereocenters. The molecule has 266 valence electrons. The van der Waals surface area contributed by atoms with Gasteiger partial charge in [-0.15, -0.1) is 0 Å². The minimum absolute atomic E-state index is 0.186. The van der Waals surface area contributed by atoms with Gasteiger partial charge in [0.25, 0.3) is 0 Å². The number of carbonyl (C=O) groups is 2. The van der Waals surface area contributed by atoms with E-state index in [0.29, 0.717) is 12.8 Å². The Labute approximate surface area is 273 Å². The first kappa shape index (κ1) is 43.7. The number of phosphoric acid groups is 1. The topological polar surface area (TPSA) is 149 Å². The molecule has 3 N–H and O–H groups in total. The van der Waals surface area contributed by atoms with Crippen LogP contribution >= 0.6 is 7.82 Å². The summed E-state index contributed by atoms with van der Waals surface area (Å²) in [5.74, 6) is -0.935. The van der Waals surface area contributed by atoms with Gasteiger partial charge in [0.05, 0.1) is 19.8 Å². The number of allylic oxidation sites excluding steroid dienone is 2. The smallest absolute Gasteiger partial charge is 0.462 e. The van der Waals surface area contributed by atoms with Gasteiger partial charge in [0.2, 0.25) is 0 Å². The van der Waals surface area contributed by atoms with Gasteiger partial charge in [-0.25, -0.2) is 4.57 Å². The number of aliphatic hydroxyl groups excluding tert-OH is 2. The molecule has 0 spiro atoms. The normalized spacial score (nSPS) is 14.3. The average Bonchev–Trinajstić information content (AvgIpc) is 3.02. The van der Waals surface area contributed by atoms with Gasteiger partial charge in [0.15, 0.2) is 6.10 Å². The van der Waals surface area contributed by atoms with Crippen molar-refractivity contribution in [2.75, 3.05) is 26.4 Å². The van der Waals surface area contributed by atoms with Crippen LogP contribution in [-0.2, 0) is 32.7 Å². The molecule has 0 aromatic heterocycles. The monoisotopic (exact) mass is 664 g/mol. The molecule has 0 rings (SSSR count). The second-order valence-corrected chi connectivity index (χ2v) is 13.4. The maximum absolute atomic E-state index is 12.5. The van der Waals surface area contributed by atoms with Gasteiger partial charge in [-0.2, -0.15) is 0 Å². The van der Waals surface area contributed by atoms with Crippen LogP contribution in [0.1, 0.15) is 155 Å². The van der Waals surface area contributed by atoms with E-state index in [1.165, 1.54) is 57.8 Å². The van der Waals surface area contributed by atoms with Crippen LogP contribution in [-0.4, -0.2) is 65.7 Å². The number of aliphatic hydroxyl groups is 2. The number of carbonyl (C=O) groups excluding carboxylic acids is 2. The number of unbranched alkanes of at least 4 members (excludes halogenated alkanes) is 17. The summed E-state index contributed by atoms with van der Waals surface area (Å²) in [5, 5.41) is 18.2. The Kier molecular flexibility index (Phi) is 30.4. The van der Waals surface area contributed by atoms with E-state index in [1.807, 2.05) is 0 Å². The summed E-state index contributed by atoms with van der Waals surface area (Å²) in [4.78, 5) is 34.6. The van der Waals surface area contributed by atoms with Gasteiger partial charge >= 0.3 is 19.8 Å². The molecule has 0 heterocycles. The van der Waals surface area contributed by atoms with Crippen LogP contribution in [0.3, 0.4) is 0 Å². The molecule has 0 bridgehead atoms.